The van der Waals surface area contributed by atoms with Crippen LogP contribution in [-0.2, 0) is 26.2 Å². The van der Waals surface area contributed by atoms with Crippen LogP contribution in [-0.4, -0.2) is 44.3 Å². The zero-order valence-electron chi connectivity index (χ0n) is 20.0. The SMILES string of the molecule is COc1ccc(Cn2nnnc2CN(Cc2cccs2)Cc2cc3ccc(OC)cc3[nH]c2=O)cc1. The first kappa shape index (κ1) is 23.7. The van der Waals surface area contributed by atoms with Crippen LogP contribution in [0.5, 0.6) is 11.5 Å². The van der Waals surface area contributed by atoms with Crippen LogP contribution in [0.15, 0.2) is 70.8 Å². The van der Waals surface area contributed by atoms with Crippen molar-refractivity contribution in [2.24, 2.45) is 0 Å². The zero-order valence-corrected chi connectivity index (χ0v) is 20.9. The van der Waals surface area contributed by atoms with Gasteiger partial charge in [-0.1, -0.05) is 18.2 Å². The van der Waals surface area contributed by atoms with Crippen molar-refractivity contribution in [3.63, 3.8) is 0 Å². The Balaban J connectivity index is 1.40. The average molecular weight is 503 g/mol. The molecule has 2 aromatic carbocycles. The van der Waals surface area contributed by atoms with Crippen LogP contribution in [0.3, 0.4) is 0 Å². The Bertz CT molecular complexity index is 1490. The second-order valence-corrected chi connectivity index (χ2v) is 9.43. The summed E-state index contributed by atoms with van der Waals surface area (Å²) in [6.45, 7) is 2.15. The third kappa shape index (κ3) is 5.45. The number of nitrogens with zero attached hydrogens (tertiary/aromatic N) is 5. The molecule has 36 heavy (non-hydrogen) atoms. The van der Waals surface area contributed by atoms with Crippen LogP contribution in [0.2, 0.25) is 0 Å². The first-order chi connectivity index (χ1) is 17.6. The Morgan fingerprint density at radius 2 is 1.78 bits per heavy atom. The quantitative estimate of drug-likeness (QED) is 0.310. The van der Waals surface area contributed by atoms with Crippen molar-refractivity contribution in [2.45, 2.75) is 26.2 Å². The number of aromatic amines is 1. The highest BCUT2D eigenvalue weighted by Crippen LogP contribution is 2.21. The van der Waals surface area contributed by atoms with Crippen molar-refractivity contribution in [3.05, 3.63) is 98.2 Å². The maximum atomic E-state index is 13.0. The highest BCUT2D eigenvalue weighted by atomic mass is 32.1. The number of aromatic nitrogens is 5. The largest absolute Gasteiger partial charge is 0.497 e. The molecule has 0 saturated carbocycles. The molecule has 0 bridgehead atoms. The van der Waals surface area contributed by atoms with Gasteiger partial charge < -0.3 is 14.5 Å². The highest BCUT2D eigenvalue weighted by Gasteiger charge is 2.16. The third-order valence-electron chi connectivity index (χ3n) is 5.95. The minimum atomic E-state index is -0.121. The molecule has 1 N–H and O–H groups in total. The number of H-pyrrole nitrogens is 1. The van der Waals surface area contributed by atoms with Gasteiger partial charge in [-0.3, -0.25) is 9.69 Å². The van der Waals surface area contributed by atoms with Crippen molar-refractivity contribution < 1.29 is 9.47 Å². The van der Waals surface area contributed by atoms with E-state index in [9.17, 15) is 4.79 Å². The molecule has 0 amide bonds. The zero-order chi connectivity index (χ0) is 24.9. The van der Waals surface area contributed by atoms with Gasteiger partial charge in [0.15, 0.2) is 5.82 Å². The molecule has 0 fully saturated rings. The number of hydrogen-bond donors (Lipinski definition) is 1. The van der Waals surface area contributed by atoms with Crippen molar-refractivity contribution in [3.8, 4) is 11.5 Å². The molecule has 9 nitrogen and oxygen atoms in total. The number of rotatable bonds is 10. The molecule has 3 heterocycles. The lowest BCUT2D eigenvalue weighted by Gasteiger charge is -2.21. The predicted octanol–water partition coefficient (Wildman–Crippen LogP) is 3.84. The number of methoxy groups -OCH3 is 2. The van der Waals surface area contributed by atoms with Crippen molar-refractivity contribution in [1.29, 1.82) is 0 Å². The Morgan fingerprint density at radius 3 is 2.53 bits per heavy atom. The Labute approximate surface area is 211 Å². The molecule has 0 saturated heterocycles. The van der Waals surface area contributed by atoms with Gasteiger partial charge in [0.2, 0.25) is 0 Å². The topological polar surface area (TPSA) is 98.2 Å². The number of fused-ring (bicyclic) bond motifs is 1. The average Bonchev–Trinajstić information content (AvgIpc) is 3.57. The number of thiophene rings is 1. The van der Waals surface area contributed by atoms with Gasteiger partial charge >= 0.3 is 0 Å². The van der Waals surface area contributed by atoms with Gasteiger partial charge in [-0.2, -0.15) is 0 Å². The van der Waals surface area contributed by atoms with Gasteiger partial charge in [0.05, 0.1) is 32.8 Å². The second-order valence-electron chi connectivity index (χ2n) is 8.40. The van der Waals surface area contributed by atoms with Crippen molar-refractivity contribution in [1.82, 2.24) is 30.1 Å². The first-order valence-electron chi connectivity index (χ1n) is 11.4. The molecule has 0 aliphatic rings. The summed E-state index contributed by atoms with van der Waals surface area (Å²) in [4.78, 5) is 19.3. The monoisotopic (exact) mass is 502 g/mol. The second kappa shape index (κ2) is 10.7. The number of tetrazole rings is 1. The summed E-state index contributed by atoms with van der Waals surface area (Å²) in [5.41, 5.74) is 2.37. The van der Waals surface area contributed by atoms with E-state index in [1.54, 1.807) is 30.2 Å². The summed E-state index contributed by atoms with van der Waals surface area (Å²) >= 11 is 1.68. The molecule has 10 heteroatoms. The summed E-state index contributed by atoms with van der Waals surface area (Å²) in [5, 5.41) is 15.4. The van der Waals surface area contributed by atoms with Crippen molar-refractivity contribution >= 4 is 22.2 Å². The fourth-order valence-electron chi connectivity index (χ4n) is 4.06. The Kier molecular flexibility index (Phi) is 7.06. The summed E-state index contributed by atoms with van der Waals surface area (Å²) in [6.07, 6.45) is 0. The van der Waals surface area contributed by atoms with Gasteiger partial charge in [-0.15, -0.1) is 16.4 Å². The smallest absolute Gasteiger partial charge is 0.252 e. The minimum absolute atomic E-state index is 0.121. The fraction of sp³-hybridized carbons (Fsp3) is 0.231. The molecule has 3 aromatic heterocycles. The standard InChI is InChI=1S/C26H26N6O3S/c1-34-21-8-5-18(6-9-21)14-32-25(28-29-30-32)17-31(16-23-4-3-11-36-23)15-20-12-19-7-10-22(35-2)13-24(19)27-26(20)33/h3-13H,14-17H2,1-2H3,(H,27,33). The number of ether oxygens (including phenoxy) is 2. The van der Waals surface area contributed by atoms with Gasteiger partial charge in [0.1, 0.15) is 11.5 Å². The molecule has 5 aromatic rings. The van der Waals surface area contributed by atoms with E-state index in [0.717, 1.165) is 28.0 Å². The maximum absolute atomic E-state index is 13.0. The van der Waals surface area contributed by atoms with Crippen LogP contribution < -0.4 is 15.0 Å². The predicted molar refractivity (Wildman–Crippen MR) is 138 cm³/mol. The molecule has 0 aliphatic carbocycles. The van der Waals surface area contributed by atoms with Crippen LogP contribution in [0.25, 0.3) is 10.9 Å². The van der Waals surface area contributed by atoms with E-state index in [-0.39, 0.29) is 5.56 Å². The Morgan fingerprint density at radius 1 is 0.972 bits per heavy atom. The lowest BCUT2D eigenvalue weighted by atomic mass is 10.1. The van der Waals surface area contributed by atoms with Crippen LogP contribution in [0.4, 0.5) is 0 Å². The lowest BCUT2D eigenvalue weighted by molar-refractivity contribution is 0.238. The van der Waals surface area contributed by atoms with Gasteiger partial charge in [-0.25, -0.2) is 4.68 Å². The van der Waals surface area contributed by atoms with E-state index in [1.165, 1.54) is 4.88 Å². The molecule has 184 valence electrons. The molecule has 0 atom stereocenters. The molecule has 0 spiro atoms. The van der Waals surface area contributed by atoms with Gasteiger partial charge in [0, 0.05) is 29.6 Å². The van der Waals surface area contributed by atoms with Gasteiger partial charge in [0.25, 0.3) is 5.56 Å². The molecule has 0 aliphatic heterocycles. The van der Waals surface area contributed by atoms with E-state index < -0.39 is 0 Å². The summed E-state index contributed by atoms with van der Waals surface area (Å²) in [5.74, 6) is 2.23. The number of benzene rings is 2. The molecule has 0 unspecified atom stereocenters. The molecule has 0 radical (unpaired) electrons. The minimum Gasteiger partial charge on any atom is -0.497 e. The summed E-state index contributed by atoms with van der Waals surface area (Å²) in [6, 6.07) is 19.6. The number of pyridine rings is 1. The maximum Gasteiger partial charge on any atom is 0.252 e. The van der Waals surface area contributed by atoms with E-state index in [2.05, 4.69) is 36.9 Å². The van der Waals surface area contributed by atoms with Gasteiger partial charge in [-0.05, 0) is 63.2 Å². The molecular weight excluding hydrogens is 476 g/mol. The highest BCUT2D eigenvalue weighted by molar-refractivity contribution is 7.09. The van der Waals surface area contributed by atoms with Crippen LogP contribution in [0, 0.1) is 0 Å². The van der Waals surface area contributed by atoms with E-state index in [0.29, 0.717) is 37.5 Å². The molecular formula is C26H26N6O3S. The Hall–Kier alpha value is -4.02. The normalized spacial score (nSPS) is 11.3. The van der Waals surface area contributed by atoms with Crippen molar-refractivity contribution in [2.75, 3.05) is 14.2 Å². The summed E-state index contributed by atoms with van der Waals surface area (Å²) in [7, 11) is 3.26. The summed E-state index contributed by atoms with van der Waals surface area (Å²) < 4.78 is 12.3. The number of hydrogen-bond acceptors (Lipinski definition) is 8. The molecule has 5 rings (SSSR count). The van der Waals surface area contributed by atoms with E-state index >= 15 is 0 Å². The van der Waals surface area contributed by atoms with E-state index in [4.69, 9.17) is 9.47 Å². The van der Waals surface area contributed by atoms with Crippen LogP contribution >= 0.6 is 11.3 Å². The first-order valence-corrected chi connectivity index (χ1v) is 12.3. The number of nitrogens with one attached hydrogen (secondary N) is 1. The lowest BCUT2D eigenvalue weighted by Crippen LogP contribution is -2.27. The third-order valence-corrected chi connectivity index (χ3v) is 6.81. The fourth-order valence-corrected chi connectivity index (χ4v) is 4.81. The van der Waals surface area contributed by atoms with Crippen LogP contribution in [0.1, 0.15) is 21.8 Å². The van der Waals surface area contributed by atoms with E-state index in [1.807, 2.05) is 54.6 Å².